The number of hydrogen-bond acceptors (Lipinski definition) is 3. The van der Waals surface area contributed by atoms with Gasteiger partial charge in [-0.15, -0.1) is 0 Å². The third-order valence-electron chi connectivity index (χ3n) is 7.01. The molecule has 136 valence electrons. The zero-order valence-corrected chi connectivity index (χ0v) is 16.2. The molecule has 2 saturated heterocycles. The maximum atomic E-state index is 4.48. The second-order valence-electron chi connectivity index (χ2n) is 8.67. The lowest BCUT2D eigenvalue weighted by Crippen LogP contribution is -2.60. The number of fused-ring (bicyclic) bond motifs is 3. The van der Waals surface area contributed by atoms with Crippen LogP contribution in [0.2, 0.25) is 0 Å². The molecule has 1 aromatic heterocycles. The molecule has 0 radical (unpaired) electrons. The Bertz CT molecular complexity index is 813. The Morgan fingerprint density at radius 3 is 2.77 bits per heavy atom. The van der Waals surface area contributed by atoms with Gasteiger partial charge in [0.1, 0.15) is 0 Å². The third-order valence-corrected chi connectivity index (χ3v) is 7.01. The quantitative estimate of drug-likeness (QED) is 0.838. The summed E-state index contributed by atoms with van der Waals surface area (Å²) in [4.78, 5) is 9.87. The van der Waals surface area contributed by atoms with E-state index in [9.17, 15) is 0 Å². The number of pyridine rings is 1. The van der Waals surface area contributed by atoms with E-state index in [-0.39, 0.29) is 0 Å². The van der Waals surface area contributed by atoms with Crippen LogP contribution in [-0.2, 0) is 6.42 Å². The van der Waals surface area contributed by atoms with Gasteiger partial charge in [-0.25, -0.2) is 0 Å². The fraction of sp³-hybridized carbons (Fsp3) is 0.522. The maximum Gasteiger partial charge on any atom is 0.0414 e. The van der Waals surface area contributed by atoms with Crippen molar-refractivity contribution in [1.29, 1.82) is 0 Å². The number of hydrogen-bond donors (Lipinski definition) is 0. The van der Waals surface area contributed by atoms with Crippen molar-refractivity contribution in [3.63, 3.8) is 0 Å². The van der Waals surface area contributed by atoms with Crippen molar-refractivity contribution < 1.29 is 0 Å². The summed E-state index contributed by atoms with van der Waals surface area (Å²) in [6.45, 7) is 6.67. The van der Waals surface area contributed by atoms with Crippen molar-refractivity contribution in [1.82, 2.24) is 9.88 Å². The predicted octanol–water partition coefficient (Wildman–Crippen LogP) is 3.94. The molecule has 0 N–H and O–H groups in total. The van der Waals surface area contributed by atoms with Gasteiger partial charge in [0.2, 0.25) is 0 Å². The fourth-order valence-electron chi connectivity index (χ4n) is 5.82. The van der Waals surface area contributed by atoms with Crippen LogP contribution in [0.25, 0.3) is 0 Å². The fourth-order valence-corrected chi connectivity index (χ4v) is 5.82. The SMILES string of the molecule is Cc1ccc2c(c1)[C@H]1[C@H]([C@@H]3CC[C@H]1N(C)C3)N2CCc1ccc(C)nc1. The van der Waals surface area contributed by atoms with E-state index in [4.69, 9.17) is 0 Å². The van der Waals surface area contributed by atoms with E-state index in [1.807, 2.05) is 0 Å². The van der Waals surface area contributed by atoms with Gasteiger partial charge < -0.3 is 9.80 Å². The highest BCUT2D eigenvalue weighted by Gasteiger charge is 2.53. The number of benzene rings is 1. The highest BCUT2D eigenvalue weighted by molar-refractivity contribution is 5.64. The number of nitrogens with zero attached hydrogens (tertiary/aromatic N) is 3. The van der Waals surface area contributed by atoms with Crippen LogP contribution in [0.3, 0.4) is 0 Å². The van der Waals surface area contributed by atoms with Gasteiger partial charge in [0.15, 0.2) is 0 Å². The van der Waals surface area contributed by atoms with Crippen LogP contribution in [0, 0.1) is 19.8 Å². The topological polar surface area (TPSA) is 19.4 Å². The normalized spacial score (nSPS) is 29.7. The minimum absolute atomic E-state index is 0.693. The molecule has 3 aliphatic heterocycles. The second-order valence-corrected chi connectivity index (χ2v) is 8.67. The van der Waals surface area contributed by atoms with Crippen molar-refractivity contribution in [2.75, 3.05) is 25.0 Å². The van der Waals surface area contributed by atoms with E-state index in [2.05, 4.69) is 72.2 Å². The molecule has 0 unspecified atom stereocenters. The van der Waals surface area contributed by atoms with Gasteiger partial charge >= 0.3 is 0 Å². The Hall–Kier alpha value is -1.87. The number of aromatic nitrogens is 1. The zero-order valence-electron chi connectivity index (χ0n) is 16.2. The Morgan fingerprint density at radius 1 is 1.12 bits per heavy atom. The van der Waals surface area contributed by atoms with E-state index in [0.717, 1.165) is 30.6 Å². The van der Waals surface area contributed by atoms with Crippen LogP contribution in [0.4, 0.5) is 5.69 Å². The smallest absolute Gasteiger partial charge is 0.0414 e. The first kappa shape index (κ1) is 16.3. The van der Waals surface area contributed by atoms with Gasteiger partial charge in [-0.1, -0.05) is 23.8 Å². The van der Waals surface area contributed by atoms with Crippen molar-refractivity contribution in [3.05, 3.63) is 58.9 Å². The van der Waals surface area contributed by atoms with E-state index < -0.39 is 0 Å². The lowest BCUT2D eigenvalue weighted by Gasteiger charge is -2.53. The molecule has 3 nitrogen and oxygen atoms in total. The molecule has 2 bridgehead atoms. The second kappa shape index (κ2) is 6.09. The molecule has 2 aromatic rings. The summed E-state index contributed by atoms with van der Waals surface area (Å²) in [5.41, 5.74) is 6.96. The Morgan fingerprint density at radius 2 is 2.00 bits per heavy atom. The number of likely N-dealkylation sites (N-methyl/N-ethyl adjacent to an activating group) is 1. The van der Waals surface area contributed by atoms with Crippen molar-refractivity contribution >= 4 is 5.69 Å². The van der Waals surface area contributed by atoms with Crippen molar-refractivity contribution in [2.45, 2.75) is 51.1 Å². The summed E-state index contributed by atoms with van der Waals surface area (Å²) in [6.07, 6.45) is 5.90. The van der Waals surface area contributed by atoms with Crippen molar-refractivity contribution in [3.8, 4) is 0 Å². The minimum Gasteiger partial charge on any atom is -0.367 e. The van der Waals surface area contributed by atoms with Crippen LogP contribution in [0.15, 0.2) is 36.5 Å². The Kier molecular flexibility index (Phi) is 3.82. The molecule has 4 atom stereocenters. The van der Waals surface area contributed by atoms with Gasteiger partial charge in [0.25, 0.3) is 0 Å². The monoisotopic (exact) mass is 347 g/mol. The molecule has 0 amide bonds. The molecular weight excluding hydrogens is 318 g/mol. The lowest BCUT2D eigenvalue weighted by atomic mass is 9.68. The summed E-state index contributed by atoms with van der Waals surface area (Å²) in [7, 11) is 2.34. The highest BCUT2D eigenvalue weighted by atomic mass is 15.3. The summed E-state index contributed by atoms with van der Waals surface area (Å²) in [5.74, 6) is 1.50. The number of piperidine rings is 2. The van der Waals surface area contributed by atoms with Gasteiger partial charge in [-0.3, -0.25) is 4.98 Å². The molecule has 1 aromatic carbocycles. The molecule has 1 saturated carbocycles. The molecule has 1 aliphatic carbocycles. The molecule has 0 spiro atoms. The van der Waals surface area contributed by atoms with E-state index in [1.165, 1.54) is 36.2 Å². The molecule has 3 heteroatoms. The van der Waals surface area contributed by atoms with Gasteiger partial charge in [0.05, 0.1) is 0 Å². The predicted molar refractivity (Wildman–Crippen MR) is 107 cm³/mol. The summed E-state index contributed by atoms with van der Waals surface area (Å²) < 4.78 is 0. The largest absolute Gasteiger partial charge is 0.367 e. The number of rotatable bonds is 3. The average Bonchev–Trinajstić information content (AvgIpc) is 2.97. The number of aryl methyl sites for hydroxylation is 2. The maximum absolute atomic E-state index is 4.48. The Balaban J connectivity index is 1.48. The lowest BCUT2D eigenvalue weighted by molar-refractivity contribution is 0.0371. The summed E-state index contributed by atoms with van der Waals surface area (Å²) in [5, 5.41) is 0. The number of anilines is 1. The first-order valence-corrected chi connectivity index (χ1v) is 10.1. The van der Waals surface area contributed by atoms with Crippen LogP contribution in [0.1, 0.15) is 41.1 Å². The molecule has 3 fully saturated rings. The van der Waals surface area contributed by atoms with E-state index in [0.29, 0.717) is 12.0 Å². The minimum atomic E-state index is 0.693. The molecule has 4 heterocycles. The molecule has 4 aliphatic rings. The van der Waals surface area contributed by atoms with Crippen molar-refractivity contribution in [2.24, 2.45) is 5.92 Å². The van der Waals surface area contributed by atoms with E-state index in [1.54, 1.807) is 5.56 Å². The highest BCUT2D eigenvalue weighted by Crippen LogP contribution is 2.54. The first-order chi connectivity index (χ1) is 12.6. The van der Waals surface area contributed by atoms with E-state index >= 15 is 0 Å². The van der Waals surface area contributed by atoms with Gasteiger partial charge in [-0.05, 0) is 69.3 Å². The van der Waals surface area contributed by atoms with Crippen LogP contribution in [-0.4, -0.2) is 42.1 Å². The van der Waals surface area contributed by atoms with Crippen LogP contribution in [0.5, 0.6) is 0 Å². The van der Waals surface area contributed by atoms with Gasteiger partial charge in [-0.2, -0.15) is 0 Å². The zero-order chi connectivity index (χ0) is 17.8. The summed E-state index contributed by atoms with van der Waals surface area (Å²) >= 11 is 0. The third kappa shape index (κ3) is 2.48. The summed E-state index contributed by atoms with van der Waals surface area (Å²) in [6, 6.07) is 12.9. The molecule has 26 heavy (non-hydrogen) atoms. The van der Waals surface area contributed by atoms with Crippen LogP contribution < -0.4 is 4.90 Å². The Labute approximate surface area is 157 Å². The standard InChI is InChI=1S/C23H29N3/c1-15-4-8-20-19(12-15)22-21-9-7-18(14-25(21)3)23(22)26(20)11-10-17-6-5-16(2)24-13-17/h4-6,8,12-13,18,21-23H,7,9-11,14H2,1-3H3/t18-,21-,22-,23+/m1/s1. The van der Waals surface area contributed by atoms with Gasteiger partial charge in [0, 0.05) is 48.7 Å². The average molecular weight is 348 g/mol. The molecular formula is C23H29N3. The first-order valence-electron chi connectivity index (χ1n) is 10.1. The molecule has 6 rings (SSSR count). The van der Waals surface area contributed by atoms with Crippen LogP contribution >= 0.6 is 0 Å².